The van der Waals surface area contributed by atoms with Crippen LogP contribution in [0.25, 0.3) is 11.1 Å². The van der Waals surface area contributed by atoms with E-state index in [-0.39, 0.29) is 5.82 Å². The van der Waals surface area contributed by atoms with Crippen molar-refractivity contribution < 1.29 is 4.39 Å². The third-order valence-electron chi connectivity index (χ3n) is 3.57. The summed E-state index contributed by atoms with van der Waals surface area (Å²) in [6.45, 7) is 9.00. The third-order valence-corrected chi connectivity index (χ3v) is 3.57. The lowest BCUT2D eigenvalue weighted by Gasteiger charge is -2.13. The maximum absolute atomic E-state index is 13.7. The molecule has 0 amide bonds. The van der Waals surface area contributed by atoms with Gasteiger partial charge in [0.25, 0.3) is 0 Å². The van der Waals surface area contributed by atoms with Crippen LogP contribution in [-0.2, 0) is 6.54 Å². The van der Waals surface area contributed by atoms with Gasteiger partial charge in [0.2, 0.25) is 0 Å². The van der Waals surface area contributed by atoms with E-state index in [4.69, 9.17) is 0 Å². The third kappa shape index (κ3) is 3.26. The predicted molar refractivity (Wildman–Crippen MR) is 83.3 cm³/mol. The topological polar surface area (TPSA) is 12.0 Å². The summed E-state index contributed by atoms with van der Waals surface area (Å²) in [6, 6.07) is 12.1. The molecule has 0 atom stereocenters. The van der Waals surface area contributed by atoms with Gasteiger partial charge in [0.1, 0.15) is 5.82 Å². The standard InChI is InChI=1S/C18H22FN/c1-12(2)20-11-15-9-8-13(3)17(10-15)16-6-5-7-18(19)14(16)4/h5-10,12,20H,11H2,1-4H3. The lowest BCUT2D eigenvalue weighted by Crippen LogP contribution is -2.21. The summed E-state index contributed by atoms with van der Waals surface area (Å²) in [6.07, 6.45) is 0. The van der Waals surface area contributed by atoms with Crippen molar-refractivity contribution >= 4 is 0 Å². The molecule has 0 heterocycles. The molecule has 2 aromatic carbocycles. The summed E-state index contributed by atoms with van der Waals surface area (Å²) in [7, 11) is 0. The fourth-order valence-corrected chi connectivity index (χ4v) is 2.29. The van der Waals surface area contributed by atoms with Crippen molar-refractivity contribution in [2.45, 2.75) is 40.3 Å². The van der Waals surface area contributed by atoms with Crippen molar-refractivity contribution in [3.63, 3.8) is 0 Å². The Bertz CT molecular complexity index is 602. The highest BCUT2D eigenvalue weighted by Crippen LogP contribution is 2.28. The van der Waals surface area contributed by atoms with Crippen LogP contribution >= 0.6 is 0 Å². The lowest BCUT2D eigenvalue weighted by molar-refractivity contribution is 0.589. The second-order valence-electron chi connectivity index (χ2n) is 5.60. The first-order valence-corrected chi connectivity index (χ1v) is 7.07. The Labute approximate surface area is 120 Å². The van der Waals surface area contributed by atoms with Gasteiger partial charge in [-0.2, -0.15) is 0 Å². The zero-order valence-electron chi connectivity index (χ0n) is 12.6. The van der Waals surface area contributed by atoms with Crippen LogP contribution in [0.15, 0.2) is 36.4 Å². The maximum Gasteiger partial charge on any atom is 0.126 e. The van der Waals surface area contributed by atoms with Gasteiger partial charge in [-0.15, -0.1) is 0 Å². The molecule has 0 aliphatic heterocycles. The quantitative estimate of drug-likeness (QED) is 0.856. The number of aryl methyl sites for hydroxylation is 1. The zero-order valence-corrected chi connectivity index (χ0v) is 12.6. The van der Waals surface area contributed by atoms with E-state index in [1.54, 1.807) is 6.07 Å². The fourth-order valence-electron chi connectivity index (χ4n) is 2.29. The number of halogens is 1. The summed E-state index contributed by atoms with van der Waals surface area (Å²) < 4.78 is 13.7. The number of nitrogens with one attached hydrogen (secondary N) is 1. The molecule has 106 valence electrons. The van der Waals surface area contributed by atoms with E-state index in [9.17, 15) is 4.39 Å². The summed E-state index contributed by atoms with van der Waals surface area (Å²) in [5.74, 6) is -0.146. The van der Waals surface area contributed by atoms with Gasteiger partial charge in [0, 0.05) is 12.6 Å². The number of hydrogen-bond donors (Lipinski definition) is 1. The highest BCUT2D eigenvalue weighted by atomic mass is 19.1. The first-order valence-electron chi connectivity index (χ1n) is 7.07. The first kappa shape index (κ1) is 14.7. The Balaban J connectivity index is 2.40. The molecule has 2 rings (SSSR count). The molecule has 0 radical (unpaired) electrons. The second kappa shape index (κ2) is 6.19. The summed E-state index contributed by atoms with van der Waals surface area (Å²) >= 11 is 0. The van der Waals surface area contributed by atoms with Crippen LogP contribution in [0, 0.1) is 19.7 Å². The van der Waals surface area contributed by atoms with E-state index >= 15 is 0 Å². The Morgan fingerprint density at radius 3 is 2.50 bits per heavy atom. The lowest BCUT2D eigenvalue weighted by atomic mass is 9.94. The average molecular weight is 271 g/mol. The molecule has 0 aromatic heterocycles. The molecule has 1 N–H and O–H groups in total. The Morgan fingerprint density at radius 1 is 1.05 bits per heavy atom. The molecular weight excluding hydrogens is 249 g/mol. The van der Waals surface area contributed by atoms with E-state index in [2.05, 4.69) is 44.3 Å². The van der Waals surface area contributed by atoms with E-state index in [1.165, 1.54) is 17.2 Å². The minimum Gasteiger partial charge on any atom is -0.310 e. The number of hydrogen-bond acceptors (Lipinski definition) is 1. The minimum atomic E-state index is -0.146. The van der Waals surface area contributed by atoms with Crippen molar-refractivity contribution in [2.75, 3.05) is 0 Å². The van der Waals surface area contributed by atoms with Crippen molar-refractivity contribution in [3.8, 4) is 11.1 Å². The molecule has 0 saturated heterocycles. The van der Waals surface area contributed by atoms with E-state index in [0.717, 1.165) is 17.7 Å². The van der Waals surface area contributed by atoms with Gasteiger partial charge in [-0.3, -0.25) is 0 Å². The van der Waals surface area contributed by atoms with Crippen LogP contribution in [0.4, 0.5) is 4.39 Å². The molecule has 0 aliphatic rings. The summed E-state index contributed by atoms with van der Waals surface area (Å²) in [5, 5.41) is 3.41. The van der Waals surface area contributed by atoms with Gasteiger partial charge in [0.15, 0.2) is 0 Å². The number of rotatable bonds is 4. The first-order chi connectivity index (χ1) is 9.49. The van der Waals surface area contributed by atoms with Gasteiger partial charge < -0.3 is 5.32 Å². The fraction of sp³-hybridized carbons (Fsp3) is 0.333. The molecule has 1 nitrogen and oxygen atoms in total. The molecule has 0 saturated carbocycles. The molecule has 0 aliphatic carbocycles. The van der Waals surface area contributed by atoms with Crippen LogP contribution in [0.2, 0.25) is 0 Å². The van der Waals surface area contributed by atoms with E-state index in [0.29, 0.717) is 11.6 Å². The highest BCUT2D eigenvalue weighted by Gasteiger charge is 2.09. The second-order valence-corrected chi connectivity index (χ2v) is 5.60. The molecule has 0 bridgehead atoms. The Morgan fingerprint density at radius 2 is 1.80 bits per heavy atom. The smallest absolute Gasteiger partial charge is 0.126 e. The van der Waals surface area contributed by atoms with Crippen LogP contribution in [-0.4, -0.2) is 6.04 Å². The maximum atomic E-state index is 13.7. The molecule has 2 heteroatoms. The van der Waals surface area contributed by atoms with Crippen LogP contribution in [0.1, 0.15) is 30.5 Å². The van der Waals surface area contributed by atoms with E-state index in [1.807, 2.05) is 13.0 Å². The van der Waals surface area contributed by atoms with Crippen molar-refractivity contribution in [3.05, 3.63) is 58.9 Å². The predicted octanol–water partition coefficient (Wildman–Crippen LogP) is 4.61. The van der Waals surface area contributed by atoms with Gasteiger partial charge in [0.05, 0.1) is 0 Å². The van der Waals surface area contributed by atoms with Crippen molar-refractivity contribution in [1.82, 2.24) is 5.32 Å². The number of benzene rings is 2. The summed E-state index contributed by atoms with van der Waals surface area (Å²) in [4.78, 5) is 0. The summed E-state index contributed by atoms with van der Waals surface area (Å²) in [5.41, 5.74) is 5.21. The molecule has 2 aromatic rings. The molecule has 0 unspecified atom stereocenters. The van der Waals surface area contributed by atoms with Gasteiger partial charge in [-0.1, -0.05) is 38.1 Å². The van der Waals surface area contributed by atoms with Crippen molar-refractivity contribution in [2.24, 2.45) is 0 Å². The SMILES string of the molecule is Cc1ccc(CNC(C)C)cc1-c1cccc(F)c1C. The van der Waals surface area contributed by atoms with Gasteiger partial charge >= 0.3 is 0 Å². The average Bonchev–Trinajstić information content (AvgIpc) is 2.41. The Hall–Kier alpha value is -1.67. The van der Waals surface area contributed by atoms with Gasteiger partial charge in [-0.05, 0) is 53.8 Å². The largest absolute Gasteiger partial charge is 0.310 e. The molecule has 0 spiro atoms. The van der Waals surface area contributed by atoms with Crippen LogP contribution in [0.3, 0.4) is 0 Å². The normalized spacial score (nSPS) is 11.1. The molecule has 20 heavy (non-hydrogen) atoms. The molecular formula is C18H22FN. The Kier molecular flexibility index (Phi) is 4.56. The molecule has 0 fully saturated rings. The van der Waals surface area contributed by atoms with E-state index < -0.39 is 0 Å². The highest BCUT2D eigenvalue weighted by molar-refractivity contribution is 5.71. The monoisotopic (exact) mass is 271 g/mol. The zero-order chi connectivity index (χ0) is 14.7. The van der Waals surface area contributed by atoms with Gasteiger partial charge in [-0.25, -0.2) is 4.39 Å². The minimum absolute atomic E-state index is 0.146. The van der Waals surface area contributed by atoms with Crippen LogP contribution in [0.5, 0.6) is 0 Å². The van der Waals surface area contributed by atoms with Crippen molar-refractivity contribution in [1.29, 1.82) is 0 Å². The van der Waals surface area contributed by atoms with Crippen LogP contribution < -0.4 is 5.32 Å².